The number of benzene rings is 5. The van der Waals surface area contributed by atoms with Crippen LogP contribution in [-0.4, -0.2) is 5.97 Å². The van der Waals surface area contributed by atoms with E-state index >= 15 is 0 Å². The summed E-state index contributed by atoms with van der Waals surface area (Å²) in [4.78, 5) is 12.4. The molecule has 0 fully saturated rings. The molecule has 5 aromatic rings. The Labute approximate surface area is 157 Å². The number of hydrogen-bond acceptors (Lipinski definition) is 2. The molecule has 0 atom stereocenters. The smallest absolute Gasteiger partial charge is 0.338 e. The highest BCUT2D eigenvalue weighted by Gasteiger charge is 2.12. The first-order valence-corrected chi connectivity index (χ1v) is 9.10. The van der Waals surface area contributed by atoms with Crippen LogP contribution in [-0.2, 0) is 11.3 Å². The maximum absolute atomic E-state index is 12.4. The Morgan fingerprint density at radius 1 is 0.741 bits per heavy atom. The lowest BCUT2D eigenvalue weighted by Crippen LogP contribution is -2.05. The van der Waals surface area contributed by atoms with Crippen LogP contribution < -0.4 is 0 Å². The lowest BCUT2D eigenvalue weighted by molar-refractivity contribution is 0.0474. The van der Waals surface area contributed by atoms with Crippen molar-refractivity contribution in [1.29, 1.82) is 0 Å². The summed E-state index contributed by atoms with van der Waals surface area (Å²) in [6.07, 6.45) is 0. The molecule has 0 amide bonds. The van der Waals surface area contributed by atoms with E-state index in [2.05, 4.69) is 54.6 Å². The van der Waals surface area contributed by atoms with Gasteiger partial charge in [0.1, 0.15) is 6.61 Å². The number of esters is 1. The first-order valence-electron chi connectivity index (χ1n) is 9.10. The number of aryl methyl sites for hydroxylation is 1. The second-order valence-electron chi connectivity index (χ2n) is 7.02. The van der Waals surface area contributed by atoms with Gasteiger partial charge in [-0.1, -0.05) is 72.3 Å². The molecule has 0 radical (unpaired) electrons. The number of ether oxygens (including phenoxy) is 1. The fourth-order valence-electron chi connectivity index (χ4n) is 3.84. The largest absolute Gasteiger partial charge is 0.457 e. The third-order valence-corrected chi connectivity index (χ3v) is 5.27. The molecular weight excluding hydrogens is 332 g/mol. The number of carbonyl (C=O) groups excluding carboxylic acids is 1. The maximum Gasteiger partial charge on any atom is 0.338 e. The fourth-order valence-corrected chi connectivity index (χ4v) is 3.84. The van der Waals surface area contributed by atoms with Crippen LogP contribution in [0, 0.1) is 6.92 Å². The van der Waals surface area contributed by atoms with Gasteiger partial charge in [-0.15, -0.1) is 0 Å². The monoisotopic (exact) mass is 350 g/mol. The van der Waals surface area contributed by atoms with Crippen molar-refractivity contribution >= 4 is 38.3 Å². The van der Waals surface area contributed by atoms with Gasteiger partial charge in [-0.2, -0.15) is 0 Å². The Morgan fingerprint density at radius 2 is 1.37 bits per heavy atom. The van der Waals surface area contributed by atoms with Crippen molar-refractivity contribution in [2.75, 3.05) is 0 Å². The zero-order chi connectivity index (χ0) is 18.4. The molecule has 130 valence electrons. The van der Waals surface area contributed by atoms with Crippen molar-refractivity contribution in [2.24, 2.45) is 0 Å². The molecule has 0 aromatic heterocycles. The van der Waals surface area contributed by atoms with Gasteiger partial charge in [0.05, 0.1) is 5.56 Å². The molecule has 0 aliphatic heterocycles. The SMILES string of the molecule is Cc1ccc(C(=O)OCc2ccc3ccc4cccc5ccc2c3c45)cc1. The van der Waals surface area contributed by atoms with Crippen LogP contribution >= 0.6 is 0 Å². The van der Waals surface area contributed by atoms with E-state index in [-0.39, 0.29) is 12.6 Å². The molecule has 27 heavy (non-hydrogen) atoms. The highest BCUT2D eigenvalue weighted by Crippen LogP contribution is 2.36. The molecule has 2 nitrogen and oxygen atoms in total. The van der Waals surface area contributed by atoms with E-state index in [9.17, 15) is 4.79 Å². The van der Waals surface area contributed by atoms with Crippen molar-refractivity contribution in [3.05, 3.63) is 95.6 Å². The lowest BCUT2D eigenvalue weighted by atomic mass is 9.92. The summed E-state index contributed by atoms with van der Waals surface area (Å²) in [6.45, 7) is 2.26. The number of rotatable bonds is 3. The Kier molecular flexibility index (Phi) is 3.58. The zero-order valence-corrected chi connectivity index (χ0v) is 15.0. The number of carbonyl (C=O) groups is 1. The Morgan fingerprint density at radius 3 is 2.11 bits per heavy atom. The van der Waals surface area contributed by atoms with Gasteiger partial charge in [-0.25, -0.2) is 4.79 Å². The predicted molar refractivity (Wildman–Crippen MR) is 110 cm³/mol. The van der Waals surface area contributed by atoms with E-state index in [4.69, 9.17) is 4.74 Å². The van der Waals surface area contributed by atoms with Gasteiger partial charge in [0, 0.05) is 0 Å². The van der Waals surface area contributed by atoms with Crippen LogP contribution in [0.25, 0.3) is 32.3 Å². The zero-order valence-electron chi connectivity index (χ0n) is 15.0. The van der Waals surface area contributed by atoms with Crippen molar-refractivity contribution in [2.45, 2.75) is 13.5 Å². The van der Waals surface area contributed by atoms with Gasteiger partial charge in [-0.05, 0) is 56.9 Å². The molecule has 0 heterocycles. The Hall–Kier alpha value is -3.39. The van der Waals surface area contributed by atoms with Crippen LogP contribution in [0.2, 0.25) is 0 Å². The Balaban J connectivity index is 1.55. The summed E-state index contributed by atoms with van der Waals surface area (Å²) < 4.78 is 5.61. The molecule has 0 unspecified atom stereocenters. The predicted octanol–water partition coefficient (Wildman–Crippen LogP) is 6.25. The van der Waals surface area contributed by atoms with E-state index < -0.39 is 0 Å². The molecule has 0 N–H and O–H groups in total. The topological polar surface area (TPSA) is 26.3 Å². The van der Waals surface area contributed by atoms with E-state index in [0.29, 0.717) is 5.56 Å². The molecule has 0 saturated carbocycles. The summed E-state index contributed by atoms with van der Waals surface area (Å²) >= 11 is 0. The van der Waals surface area contributed by atoms with Crippen molar-refractivity contribution < 1.29 is 9.53 Å². The van der Waals surface area contributed by atoms with Gasteiger partial charge >= 0.3 is 5.97 Å². The van der Waals surface area contributed by atoms with Gasteiger partial charge in [0.2, 0.25) is 0 Å². The number of hydrogen-bond donors (Lipinski definition) is 0. The molecule has 2 heteroatoms. The van der Waals surface area contributed by atoms with Crippen LogP contribution in [0.5, 0.6) is 0 Å². The van der Waals surface area contributed by atoms with Gasteiger partial charge in [0.25, 0.3) is 0 Å². The molecule has 0 aliphatic carbocycles. The molecule has 0 saturated heterocycles. The molecule has 0 aliphatic rings. The van der Waals surface area contributed by atoms with Crippen molar-refractivity contribution in [3.63, 3.8) is 0 Å². The van der Waals surface area contributed by atoms with Crippen molar-refractivity contribution in [3.8, 4) is 0 Å². The average molecular weight is 350 g/mol. The highest BCUT2D eigenvalue weighted by molar-refractivity contribution is 6.23. The summed E-state index contributed by atoms with van der Waals surface area (Å²) in [5, 5.41) is 7.35. The average Bonchev–Trinajstić information content (AvgIpc) is 2.71. The molecule has 5 rings (SSSR count). The third-order valence-electron chi connectivity index (χ3n) is 5.27. The minimum atomic E-state index is -0.291. The molecular formula is C25H18O2. The first-order chi connectivity index (χ1) is 13.2. The maximum atomic E-state index is 12.4. The minimum Gasteiger partial charge on any atom is -0.457 e. The van der Waals surface area contributed by atoms with Crippen LogP contribution in [0.1, 0.15) is 21.5 Å². The van der Waals surface area contributed by atoms with Crippen LogP contribution in [0.15, 0.2) is 78.9 Å². The quantitative estimate of drug-likeness (QED) is 0.284. The Bertz CT molecular complexity index is 1270. The van der Waals surface area contributed by atoms with E-state index in [1.807, 2.05) is 31.2 Å². The van der Waals surface area contributed by atoms with Gasteiger partial charge < -0.3 is 4.74 Å². The minimum absolute atomic E-state index is 0.265. The van der Waals surface area contributed by atoms with Gasteiger partial charge in [-0.3, -0.25) is 0 Å². The van der Waals surface area contributed by atoms with Crippen LogP contribution in [0.4, 0.5) is 0 Å². The van der Waals surface area contributed by atoms with Crippen LogP contribution in [0.3, 0.4) is 0 Å². The summed E-state index contributed by atoms with van der Waals surface area (Å²) in [7, 11) is 0. The lowest BCUT2D eigenvalue weighted by Gasteiger charge is -2.14. The second-order valence-corrected chi connectivity index (χ2v) is 7.02. The van der Waals surface area contributed by atoms with Crippen molar-refractivity contribution in [1.82, 2.24) is 0 Å². The fraction of sp³-hybridized carbons (Fsp3) is 0.0800. The third kappa shape index (κ3) is 2.61. The molecule has 0 spiro atoms. The standard InChI is InChI=1S/C25H18O2/c1-16-5-7-20(8-6-16)25(26)27-15-21-12-11-19-10-9-17-3-2-4-18-13-14-22(21)24(19)23(17)18/h2-14H,15H2,1H3. The summed E-state index contributed by atoms with van der Waals surface area (Å²) in [6, 6.07) is 26.6. The molecule has 5 aromatic carbocycles. The molecule has 0 bridgehead atoms. The summed E-state index contributed by atoms with van der Waals surface area (Å²) in [5.41, 5.74) is 2.73. The highest BCUT2D eigenvalue weighted by atomic mass is 16.5. The van der Waals surface area contributed by atoms with Gasteiger partial charge in [0.15, 0.2) is 0 Å². The van der Waals surface area contributed by atoms with E-state index in [1.54, 1.807) is 0 Å². The normalized spacial score (nSPS) is 11.4. The van der Waals surface area contributed by atoms with E-state index in [0.717, 1.165) is 16.5 Å². The van der Waals surface area contributed by atoms with E-state index in [1.165, 1.54) is 26.9 Å². The summed E-state index contributed by atoms with van der Waals surface area (Å²) in [5.74, 6) is -0.291. The second kappa shape index (κ2) is 6.10. The first kappa shape index (κ1) is 15.8.